The topological polar surface area (TPSA) is 59.8 Å². The molecule has 0 radical (unpaired) electrons. The van der Waals surface area contributed by atoms with Gasteiger partial charge in [0.2, 0.25) is 0 Å². The summed E-state index contributed by atoms with van der Waals surface area (Å²) < 4.78 is 14.8. The SMILES string of the molecule is O=C(NCCc1ccccn1)c1cc(-c2ccc(F)cc2)nn1-c1ccccc1Cl. The fraction of sp³-hybridized carbons (Fsp3) is 0.0870. The van der Waals surface area contributed by atoms with Crippen molar-refractivity contribution in [1.29, 1.82) is 0 Å². The number of carbonyl (C=O) groups excluding carboxylic acids is 1. The molecule has 30 heavy (non-hydrogen) atoms. The van der Waals surface area contributed by atoms with Gasteiger partial charge in [-0.25, -0.2) is 9.07 Å². The fourth-order valence-electron chi connectivity index (χ4n) is 3.05. The van der Waals surface area contributed by atoms with Gasteiger partial charge in [-0.1, -0.05) is 29.8 Å². The van der Waals surface area contributed by atoms with Crippen LogP contribution in [0.25, 0.3) is 16.9 Å². The Morgan fingerprint density at radius 2 is 1.80 bits per heavy atom. The van der Waals surface area contributed by atoms with Gasteiger partial charge in [-0.15, -0.1) is 0 Å². The maximum Gasteiger partial charge on any atom is 0.270 e. The van der Waals surface area contributed by atoms with E-state index in [1.807, 2.05) is 30.3 Å². The van der Waals surface area contributed by atoms with Gasteiger partial charge in [0.15, 0.2) is 0 Å². The molecule has 0 bridgehead atoms. The highest BCUT2D eigenvalue weighted by atomic mass is 35.5. The van der Waals surface area contributed by atoms with Crippen LogP contribution in [0.1, 0.15) is 16.2 Å². The Bertz CT molecular complexity index is 1160. The predicted octanol–water partition coefficient (Wildman–Crippen LogP) is 4.70. The molecule has 0 saturated heterocycles. The number of para-hydroxylation sites is 1. The van der Waals surface area contributed by atoms with Gasteiger partial charge < -0.3 is 5.32 Å². The number of aromatic nitrogens is 3. The Kier molecular flexibility index (Phi) is 5.86. The summed E-state index contributed by atoms with van der Waals surface area (Å²) >= 11 is 6.35. The number of hydrogen-bond acceptors (Lipinski definition) is 3. The van der Waals surface area contributed by atoms with Crippen LogP contribution in [0, 0.1) is 5.82 Å². The van der Waals surface area contributed by atoms with Crippen LogP contribution in [0.5, 0.6) is 0 Å². The highest BCUT2D eigenvalue weighted by Gasteiger charge is 2.19. The summed E-state index contributed by atoms with van der Waals surface area (Å²) in [6.45, 7) is 0.426. The van der Waals surface area contributed by atoms with Crippen molar-refractivity contribution < 1.29 is 9.18 Å². The van der Waals surface area contributed by atoms with Gasteiger partial charge in [0, 0.05) is 30.4 Å². The van der Waals surface area contributed by atoms with Gasteiger partial charge in [-0.3, -0.25) is 9.78 Å². The maximum absolute atomic E-state index is 13.3. The lowest BCUT2D eigenvalue weighted by atomic mass is 10.1. The van der Waals surface area contributed by atoms with Crippen LogP contribution >= 0.6 is 11.6 Å². The number of pyridine rings is 1. The molecule has 0 aliphatic heterocycles. The largest absolute Gasteiger partial charge is 0.350 e. The van der Waals surface area contributed by atoms with Crippen LogP contribution < -0.4 is 5.32 Å². The minimum absolute atomic E-state index is 0.285. The molecule has 0 atom stereocenters. The van der Waals surface area contributed by atoms with E-state index in [2.05, 4.69) is 15.4 Å². The van der Waals surface area contributed by atoms with E-state index in [-0.39, 0.29) is 11.7 Å². The molecule has 7 heteroatoms. The summed E-state index contributed by atoms with van der Waals surface area (Å²) in [7, 11) is 0. The van der Waals surface area contributed by atoms with E-state index in [0.29, 0.717) is 40.6 Å². The van der Waals surface area contributed by atoms with E-state index in [4.69, 9.17) is 11.6 Å². The highest BCUT2D eigenvalue weighted by molar-refractivity contribution is 6.32. The molecule has 150 valence electrons. The molecule has 4 rings (SSSR count). The molecule has 2 heterocycles. The van der Waals surface area contributed by atoms with Gasteiger partial charge in [-0.2, -0.15) is 5.10 Å². The lowest BCUT2D eigenvalue weighted by Gasteiger charge is -2.09. The van der Waals surface area contributed by atoms with Crippen molar-refractivity contribution in [3.05, 3.63) is 101 Å². The normalized spacial score (nSPS) is 10.7. The standard InChI is InChI=1S/C23H18ClFN4O/c24-19-6-1-2-7-21(19)29-22(15-20(28-29)16-8-10-17(25)11-9-16)23(30)27-14-12-18-5-3-4-13-26-18/h1-11,13,15H,12,14H2,(H,27,30). The maximum atomic E-state index is 13.3. The summed E-state index contributed by atoms with van der Waals surface area (Å²) in [6.07, 6.45) is 2.33. The molecule has 5 nitrogen and oxygen atoms in total. The van der Waals surface area contributed by atoms with E-state index in [9.17, 15) is 9.18 Å². The van der Waals surface area contributed by atoms with Crippen molar-refractivity contribution in [2.24, 2.45) is 0 Å². The van der Waals surface area contributed by atoms with E-state index in [1.54, 1.807) is 36.5 Å². The van der Waals surface area contributed by atoms with Crippen LogP contribution in [-0.4, -0.2) is 27.2 Å². The number of carbonyl (C=O) groups is 1. The molecule has 2 aromatic heterocycles. The van der Waals surface area contributed by atoms with Crippen LogP contribution in [0.3, 0.4) is 0 Å². The monoisotopic (exact) mass is 420 g/mol. The zero-order valence-corrected chi connectivity index (χ0v) is 16.7. The number of hydrogen-bond donors (Lipinski definition) is 1. The quantitative estimate of drug-likeness (QED) is 0.492. The number of amides is 1. The molecule has 0 spiro atoms. The number of benzene rings is 2. The first-order valence-electron chi connectivity index (χ1n) is 9.41. The molecular weight excluding hydrogens is 403 g/mol. The zero-order valence-electron chi connectivity index (χ0n) is 15.9. The van der Waals surface area contributed by atoms with Gasteiger partial charge in [0.25, 0.3) is 5.91 Å². The Morgan fingerprint density at radius 3 is 2.53 bits per heavy atom. The predicted molar refractivity (Wildman–Crippen MR) is 114 cm³/mol. The number of halogens is 2. The first-order chi connectivity index (χ1) is 14.6. The first kappa shape index (κ1) is 19.8. The lowest BCUT2D eigenvalue weighted by Crippen LogP contribution is -2.28. The summed E-state index contributed by atoms with van der Waals surface area (Å²) in [6, 6.07) is 20.5. The second-order valence-corrected chi connectivity index (χ2v) is 7.02. The fourth-order valence-corrected chi connectivity index (χ4v) is 3.27. The lowest BCUT2D eigenvalue weighted by molar-refractivity contribution is 0.0946. The van der Waals surface area contributed by atoms with Crippen LogP contribution in [-0.2, 0) is 6.42 Å². The summed E-state index contributed by atoms with van der Waals surface area (Å²) in [5.74, 6) is -0.622. The average molecular weight is 421 g/mol. The first-order valence-corrected chi connectivity index (χ1v) is 9.78. The van der Waals surface area contributed by atoms with Gasteiger partial charge >= 0.3 is 0 Å². The van der Waals surface area contributed by atoms with Gasteiger partial charge in [-0.05, 0) is 54.6 Å². The molecule has 0 aliphatic carbocycles. The van der Waals surface area contributed by atoms with Crippen LogP contribution in [0.2, 0.25) is 5.02 Å². The summed E-state index contributed by atoms with van der Waals surface area (Å²) in [4.78, 5) is 17.2. The zero-order chi connectivity index (χ0) is 20.9. The van der Waals surface area contributed by atoms with Gasteiger partial charge in [0.05, 0.1) is 16.4 Å². The number of nitrogens with one attached hydrogen (secondary N) is 1. The summed E-state index contributed by atoms with van der Waals surface area (Å²) in [5.41, 5.74) is 3.06. The average Bonchev–Trinajstić information content (AvgIpc) is 3.20. The van der Waals surface area contributed by atoms with Crippen molar-refractivity contribution in [3.63, 3.8) is 0 Å². The number of rotatable bonds is 6. The van der Waals surface area contributed by atoms with Gasteiger partial charge in [0.1, 0.15) is 11.5 Å². The molecular formula is C23H18ClFN4O. The molecule has 1 N–H and O–H groups in total. The molecule has 0 fully saturated rings. The third kappa shape index (κ3) is 4.39. The van der Waals surface area contributed by atoms with E-state index in [0.717, 1.165) is 5.69 Å². The molecule has 0 aliphatic rings. The molecule has 0 saturated carbocycles. The highest BCUT2D eigenvalue weighted by Crippen LogP contribution is 2.25. The Hall–Kier alpha value is -3.51. The third-order valence-electron chi connectivity index (χ3n) is 4.56. The molecule has 4 aromatic rings. The van der Waals surface area contributed by atoms with E-state index >= 15 is 0 Å². The summed E-state index contributed by atoms with van der Waals surface area (Å²) in [5, 5.41) is 7.94. The second kappa shape index (κ2) is 8.88. The molecule has 1 amide bonds. The minimum atomic E-state index is -0.336. The van der Waals surface area contributed by atoms with Crippen molar-refractivity contribution in [2.75, 3.05) is 6.54 Å². The molecule has 2 aromatic carbocycles. The Balaban J connectivity index is 1.63. The smallest absolute Gasteiger partial charge is 0.270 e. The van der Waals surface area contributed by atoms with Crippen molar-refractivity contribution in [1.82, 2.24) is 20.1 Å². The van der Waals surface area contributed by atoms with E-state index < -0.39 is 0 Å². The van der Waals surface area contributed by atoms with Crippen LogP contribution in [0.15, 0.2) is 79.0 Å². The van der Waals surface area contributed by atoms with Crippen molar-refractivity contribution in [2.45, 2.75) is 6.42 Å². The third-order valence-corrected chi connectivity index (χ3v) is 4.88. The van der Waals surface area contributed by atoms with Crippen molar-refractivity contribution >= 4 is 17.5 Å². The van der Waals surface area contributed by atoms with E-state index in [1.165, 1.54) is 16.8 Å². The Morgan fingerprint density at radius 1 is 1.03 bits per heavy atom. The molecule has 0 unspecified atom stereocenters. The number of nitrogens with zero attached hydrogens (tertiary/aromatic N) is 3. The van der Waals surface area contributed by atoms with Crippen molar-refractivity contribution in [3.8, 4) is 16.9 Å². The minimum Gasteiger partial charge on any atom is -0.350 e. The van der Waals surface area contributed by atoms with Crippen LogP contribution in [0.4, 0.5) is 4.39 Å². The second-order valence-electron chi connectivity index (χ2n) is 6.61. The Labute approximate surface area is 178 Å².